The molecule has 1 aliphatic heterocycles. The number of aromatic nitrogens is 2. The van der Waals surface area contributed by atoms with Crippen molar-refractivity contribution in [1.82, 2.24) is 14.7 Å². The molecule has 5 nitrogen and oxygen atoms in total. The molecule has 2 rings (SSSR count). The zero-order valence-corrected chi connectivity index (χ0v) is 8.92. The van der Waals surface area contributed by atoms with Gasteiger partial charge < -0.3 is 5.11 Å². The first-order valence-electron chi connectivity index (χ1n) is 5.00. The minimum Gasteiger partial charge on any atom is -0.481 e. The predicted molar refractivity (Wildman–Crippen MR) is 54.3 cm³/mol. The molecule has 0 bridgehead atoms. The summed E-state index contributed by atoms with van der Waals surface area (Å²) in [5.74, 6) is -0.957. The second-order valence-electron chi connectivity index (χ2n) is 4.11. The summed E-state index contributed by atoms with van der Waals surface area (Å²) < 4.78 is 1.81. The highest BCUT2D eigenvalue weighted by Crippen LogP contribution is 2.33. The van der Waals surface area contributed by atoms with E-state index in [9.17, 15) is 4.79 Å². The summed E-state index contributed by atoms with van der Waals surface area (Å²) in [6, 6.07) is 2.13. The predicted octanol–water partition coefficient (Wildman–Crippen LogP) is 0.497. The first-order valence-corrected chi connectivity index (χ1v) is 5.00. The Morgan fingerprint density at radius 2 is 2.33 bits per heavy atom. The fourth-order valence-electron chi connectivity index (χ4n) is 2.24. The first-order chi connectivity index (χ1) is 7.09. The molecule has 0 spiro atoms. The molecule has 2 heterocycles. The normalized spacial score (nSPS) is 27.1. The molecule has 0 aromatic carbocycles. The molecule has 1 aliphatic rings. The van der Waals surface area contributed by atoms with Crippen molar-refractivity contribution in [3.63, 3.8) is 0 Å². The highest BCUT2D eigenvalue weighted by molar-refractivity contribution is 5.70. The summed E-state index contributed by atoms with van der Waals surface area (Å²) in [6.45, 7) is 0.616. The fraction of sp³-hybridized carbons (Fsp3) is 0.600. The van der Waals surface area contributed by atoms with Crippen molar-refractivity contribution in [1.29, 1.82) is 0 Å². The van der Waals surface area contributed by atoms with Crippen LogP contribution in [0, 0.1) is 5.92 Å². The van der Waals surface area contributed by atoms with Gasteiger partial charge in [-0.05, 0) is 19.5 Å². The molecule has 15 heavy (non-hydrogen) atoms. The van der Waals surface area contributed by atoms with Gasteiger partial charge >= 0.3 is 5.97 Å². The number of carbonyl (C=O) groups is 1. The summed E-state index contributed by atoms with van der Waals surface area (Å²) in [6.07, 6.45) is 2.42. The van der Waals surface area contributed by atoms with E-state index in [-0.39, 0.29) is 12.0 Å². The zero-order valence-electron chi connectivity index (χ0n) is 8.92. The average Bonchev–Trinajstić information content (AvgIpc) is 2.71. The molecule has 5 heteroatoms. The second-order valence-corrected chi connectivity index (χ2v) is 4.11. The lowest BCUT2D eigenvalue weighted by atomic mass is 10.0. The number of aliphatic carboxylic acids is 1. The zero-order chi connectivity index (χ0) is 11.0. The molecule has 0 saturated carbocycles. The van der Waals surface area contributed by atoms with Gasteiger partial charge in [-0.1, -0.05) is 0 Å². The van der Waals surface area contributed by atoms with E-state index < -0.39 is 5.97 Å². The molecular formula is C10H15N3O2. The molecule has 2 unspecified atom stereocenters. The van der Waals surface area contributed by atoms with Gasteiger partial charge in [-0.3, -0.25) is 14.4 Å². The quantitative estimate of drug-likeness (QED) is 0.770. The van der Waals surface area contributed by atoms with Crippen LogP contribution >= 0.6 is 0 Å². The standard InChI is InChI=1S/C10H15N3O2/c1-12-6-7(10(14)15)5-9(12)8-3-4-11-13(8)2/h3-4,7,9H,5-6H2,1-2H3,(H,14,15). The third kappa shape index (κ3) is 1.74. The van der Waals surface area contributed by atoms with E-state index in [0.717, 1.165) is 5.69 Å². The van der Waals surface area contributed by atoms with Crippen LogP contribution in [0.1, 0.15) is 18.2 Å². The van der Waals surface area contributed by atoms with Gasteiger partial charge in [0.25, 0.3) is 0 Å². The van der Waals surface area contributed by atoms with Crippen molar-refractivity contribution in [3.05, 3.63) is 18.0 Å². The Bertz CT molecular complexity index is 374. The SMILES string of the molecule is CN1CC(C(=O)O)CC1c1ccnn1C. The van der Waals surface area contributed by atoms with Crippen LogP contribution in [0.15, 0.2) is 12.3 Å². The lowest BCUT2D eigenvalue weighted by Gasteiger charge is -2.18. The van der Waals surface area contributed by atoms with Crippen LogP contribution in [-0.2, 0) is 11.8 Å². The van der Waals surface area contributed by atoms with E-state index in [0.29, 0.717) is 13.0 Å². The molecule has 2 atom stereocenters. The van der Waals surface area contributed by atoms with Gasteiger partial charge in [-0.15, -0.1) is 0 Å². The van der Waals surface area contributed by atoms with E-state index in [2.05, 4.69) is 10.00 Å². The highest BCUT2D eigenvalue weighted by atomic mass is 16.4. The minimum atomic E-state index is -0.702. The van der Waals surface area contributed by atoms with Crippen molar-refractivity contribution in [2.75, 3.05) is 13.6 Å². The van der Waals surface area contributed by atoms with Crippen molar-refractivity contribution in [2.45, 2.75) is 12.5 Å². The Morgan fingerprint density at radius 3 is 2.80 bits per heavy atom. The third-order valence-electron chi connectivity index (χ3n) is 3.10. The van der Waals surface area contributed by atoms with Crippen LogP contribution < -0.4 is 0 Å². The molecule has 1 fully saturated rings. The third-order valence-corrected chi connectivity index (χ3v) is 3.10. The van der Waals surface area contributed by atoms with Gasteiger partial charge in [0.2, 0.25) is 0 Å². The Kier molecular flexibility index (Phi) is 2.48. The van der Waals surface area contributed by atoms with E-state index in [1.807, 2.05) is 24.8 Å². The topological polar surface area (TPSA) is 58.4 Å². The number of hydrogen-bond donors (Lipinski definition) is 1. The Morgan fingerprint density at radius 1 is 1.60 bits per heavy atom. The van der Waals surface area contributed by atoms with Gasteiger partial charge in [0.15, 0.2) is 0 Å². The van der Waals surface area contributed by atoms with Crippen LogP contribution in [0.25, 0.3) is 0 Å². The summed E-state index contributed by atoms with van der Waals surface area (Å²) in [7, 11) is 3.85. The summed E-state index contributed by atoms with van der Waals surface area (Å²) >= 11 is 0. The van der Waals surface area contributed by atoms with E-state index in [4.69, 9.17) is 5.11 Å². The molecular weight excluding hydrogens is 194 g/mol. The van der Waals surface area contributed by atoms with Crippen molar-refractivity contribution in [3.8, 4) is 0 Å². The van der Waals surface area contributed by atoms with E-state index in [1.165, 1.54) is 0 Å². The molecule has 82 valence electrons. The van der Waals surface area contributed by atoms with Gasteiger partial charge in [-0.25, -0.2) is 0 Å². The maximum Gasteiger partial charge on any atom is 0.307 e. The Hall–Kier alpha value is -1.36. The maximum atomic E-state index is 10.9. The summed E-state index contributed by atoms with van der Waals surface area (Å²) in [5.41, 5.74) is 1.08. The van der Waals surface area contributed by atoms with Crippen LogP contribution in [-0.4, -0.2) is 39.3 Å². The van der Waals surface area contributed by atoms with Crippen molar-refractivity contribution in [2.24, 2.45) is 13.0 Å². The molecule has 0 aliphatic carbocycles. The summed E-state index contributed by atoms with van der Waals surface area (Å²) in [5, 5.41) is 13.1. The van der Waals surface area contributed by atoms with Crippen LogP contribution in [0.2, 0.25) is 0 Å². The van der Waals surface area contributed by atoms with E-state index in [1.54, 1.807) is 6.20 Å². The minimum absolute atomic E-state index is 0.179. The maximum absolute atomic E-state index is 10.9. The van der Waals surface area contributed by atoms with Crippen LogP contribution in [0.5, 0.6) is 0 Å². The highest BCUT2D eigenvalue weighted by Gasteiger charge is 2.35. The smallest absolute Gasteiger partial charge is 0.307 e. The Balaban J connectivity index is 2.19. The van der Waals surface area contributed by atoms with Gasteiger partial charge in [0.05, 0.1) is 17.7 Å². The van der Waals surface area contributed by atoms with Crippen molar-refractivity contribution < 1.29 is 9.90 Å². The van der Waals surface area contributed by atoms with Gasteiger partial charge in [0.1, 0.15) is 0 Å². The number of rotatable bonds is 2. The first kappa shape index (κ1) is 10.2. The number of hydrogen-bond acceptors (Lipinski definition) is 3. The lowest BCUT2D eigenvalue weighted by molar-refractivity contribution is -0.141. The molecule has 0 amide bonds. The molecule has 1 saturated heterocycles. The van der Waals surface area contributed by atoms with Gasteiger partial charge in [0, 0.05) is 19.8 Å². The molecule has 1 aromatic rings. The fourth-order valence-corrected chi connectivity index (χ4v) is 2.24. The van der Waals surface area contributed by atoms with Crippen LogP contribution in [0.4, 0.5) is 0 Å². The van der Waals surface area contributed by atoms with Crippen molar-refractivity contribution >= 4 is 5.97 Å². The molecule has 0 radical (unpaired) electrons. The number of nitrogens with zero attached hydrogens (tertiary/aromatic N) is 3. The molecule has 1 N–H and O–H groups in total. The number of likely N-dealkylation sites (tertiary alicyclic amines) is 1. The van der Waals surface area contributed by atoms with E-state index >= 15 is 0 Å². The average molecular weight is 209 g/mol. The molecule has 1 aromatic heterocycles. The number of aryl methyl sites for hydroxylation is 1. The number of carboxylic acid groups (broad SMARTS) is 1. The van der Waals surface area contributed by atoms with Gasteiger partial charge in [-0.2, -0.15) is 5.10 Å². The van der Waals surface area contributed by atoms with Crippen LogP contribution in [0.3, 0.4) is 0 Å². The monoisotopic (exact) mass is 209 g/mol. The second kappa shape index (κ2) is 3.66. The number of carboxylic acids is 1. The lowest BCUT2D eigenvalue weighted by Crippen LogP contribution is -2.21. The largest absolute Gasteiger partial charge is 0.481 e. The summed E-state index contributed by atoms with van der Waals surface area (Å²) in [4.78, 5) is 13.0. The Labute approximate surface area is 88.3 Å².